The van der Waals surface area contributed by atoms with Gasteiger partial charge in [-0.1, -0.05) is 26.8 Å². The van der Waals surface area contributed by atoms with Crippen LogP contribution in [0.5, 0.6) is 0 Å². The minimum Gasteiger partial charge on any atom is -0.264 e. The Morgan fingerprint density at radius 2 is 2.13 bits per heavy atom. The number of alkyl halides is 1. The highest BCUT2D eigenvalue weighted by Gasteiger charge is 2.21. The lowest BCUT2D eigenvalue weighted by molar-refractivity contribution is 0.369. The Labute approximate surface area is 97.9 Å². The van der Waals surface area contributed by atoms with Gasteiger partial charge in [-0.2, -0.15) is 0 Å². The Balaban J connectivity index is 2.28. The Morgan fingerprint density at radius 3 is 2.67 bits per heavy atom. The zero-order chi connectivity index (χ0) is 11.3. The summed E-state index contributed by atoms with van der Waals surface area (Å²) in [4.78, 5) is 4.10. The summed E-state index contributed by atoms with van der Waals surface area (Å²) in [6.07, 6.45) is 7.02. The molecule has 84 valence electrons. The lowest BCUT2D eigenvalue weighted by Gasteiger charge is -2.24. The molecular weight excluding hydrogens is 206 g/mol. The number of nitrogens with zero attached hydrogens (tertiary/aromatic N) is 1. The van der Waals surface area contributed by atoms with Crippen molar-refractivity contribution in [2.24, 2.45) is 5.41 Å². The predicted octanol–water partition coefficient (Wildman–Crippen LogP) is 4.06. The topological polar surface area (TPSA) is 12.9 Å². The highest BCUT2D eigenvalue weighted by Crippen LogP contribution is 2.28. The molecule has 1 aromatic rings. The first-order valence-electron chi connectivity index (χ1n) is 5.53. The molecule has 0 aliphatic heterocycles. The molecule has 1 unspecified atom stereocenters. The largest absolute Gasteiger partial charge is 0.264 e. The van der Waals surface area contributed by atoms with Crippen molar-refractivity contribution in [3.8, 4) is 0 Å². The van der Waals surface area contributed by atoms with Gasteiger partial charge in [0.15, 0.2) is 0 Å². The summed E-state index contributed by atoms with van der Waals surface area (Å²) in [5.41, 5.74) is 1.51. The number of hydrogen-bond donors (Lipinski definition) is 0. The van der Waals surface area contributed by atoms with Crippen LogP contribution in [0, 0.1) is 5.41 Å². The zero-order valence-electron chi connectivity index (χ0n) is 9.83. The summed E-state index contributed by atoms with van der Waals surface area (Å²) in [6.45, 7) is 6.57. The molecule has 0 N–H and O–H groups in total. The molecule has 0 spiro atoms. The summed E-state index contributed by atoms with van der Waals surface area (Å²) in [5, 5.41) is 0.258. The standard InChI is InChI=1S/C13H20ClN/c1-13(2,3)12(14)8-4-6-11-7-5-9-15-10-11/h5,7,9-10,12H,4,6,8H2,1-3H3. The van der Waals surface area contributed by atoms with E-state index in [1.807, 2.05) is 18.5 Å². The average molecular weight is 226 g/mol. The van der Waals surface area contributed by atoms with Crippen LogP contribution in [0.15, 0.2) is 24.5 Å². The van der Waals surface area contributed by atoms with E-state index in [9.17, 15) is 0 Å². The van der Waals surface area contributed by atoms with E-state index in [2.05, 4.69) is 31.8 Å². The van der Waals surface area contributed by atoms with E-state index in [-0.39, 0.29) is 10.8 Å². The third-order valence-corrected chi connectivity index (χ3v) is 3.46. The van der Waals surface area contributed by atoms with Crippen LogP contribution in [-0.4, -0.2) is 10.4 Å². The van der Waals surface area contributed by atoms with Crippen molar-refractivity contribution in [2.45, 2.75) is 45.4 Å². The smallest absolute Gasteiger partial charge is 0.0384 e. The second-order valence-corrected chi connectivity index (χ2v) is 5.61. The van der Waals surface area contributed by atoms with Gasteiger partial charge in [0.1, 0.15) is 0 Å². The molecular formula is C13H20ClN. The maximum Gasteiger partial charge on any atom is 0.0384 e. The molecule has 2 heteroatoms. The number of halogens is 1. The van der Waals surface area contributed by atoms with E-state index in [0.29, 0.717) is 0 Å². The SMILES string of the molecule is CC(C)(C)C(Cl)CCCc1cccnc1. The van der Waals surface area contributed by atoms with Gasteiger partial charge in [0.2, 0.25) is 0 Å². The maximum absolute atomic E-state index is 6.31. The van der Waals surface area contributed by atoms with Crippen molar-refractivity contribution < 1.29 is 0 Å². The zero-order valence-corrected chi connectivity index (χ0v) is 10.6. The summed E-state index contributed by atoms with van der Waals surface area (Å²) in [7, 11) is 0. The molecule has 0 saturated carbocycles. The first kappa shape index (κ1) is 12.5. The number of aromatic nitrogens is 1. The molecule has 0 aliphatic rings. The monoisotopic (exact) mass is 225 g/mol. The Hall–Kier alpha value is -0.560. The van der Waals surface area contributed by atoms with Crippen molar-refractivity contribution in [3.63, 3.8) is 0 Å². The van der Waals surface area contributed by atoms with Gasteiger partial charge in [-0.25, -0.2) is 0 Å². The van der Waals surface area contributed by atoms with Crippen LogP contribution in [0.25, 0.3) is 0 Å². The van der Waals surface area contributed by atoms with Gasteiger partial charge in [0.05, 0.1) is 0 Å². The molecule has 1 heterocycles. The molecule has 1 nitrogen and oxygen atoms in total. The van der Waals surface area contributed by atoms with E-state index in [1.54, 1.807) is 0 Å². The fraction of sp³-hybridized carbons (Fsp3) is 0.615. The van der Waals surface area contributed by atoms with Gasteiger partial charge in [-0.15, -0.1) is 11.6 Å². The molecule has 0 amide bonds. The van der Waals surface area contributed by atoms with Crippen molar-refractivity contribution in [1.29, 1.82) is 0 Å². The van der Waals surface area contributed by atoms with Gasteiger partial charge in [-0.05, 0) is 36.3 Å². The molecule has 1 aromatic heterocycles. The molecule has 1 rings (SSSR count). The second-order valence-electron chi connectivity index (χ2n) is 5.09. The molecule has 1 atom stereocenters. The minimum absolute atomic E-state index is 0.205. The molecule has 0 radical (unpaired) electrons. The maximum atomic E-state index is 6.31. The highest BCUT2D eigenvalue weighted by molar-refractivity contribution is 6.21. The number of aryl methyl sites for hydroxylation is 1. The van der Waals surface area contributed by atoms with Crippen LogP contribution in [0.4, 0.5) is 0 Å². The lowest BCUT2D eigenvalue weighted by atomic mass is 9.88. The number of hydrogen-bond acceptors (Lipinski definition) is 1. The highest BCUT2D eigenvalue weighted by atomic mass is 35.5. The molecule has 0 aliphatic carbocycles. The Bertz CT molecular complexity index is 276. The van der Waals surface area contributed by atoms with E-state index >= 15 is 0 Å². The van der Waals surface area contributed by atoms with E-state index < -0.39 is 0 Å². The van der Waals surface area contributed by atoms with Crippen LogP contribution in [0.3, 0.4) is 0 Å². The van der Waals surface area contributed by atoms with E-state index in [0.717, 1.165) is 19.3 Å². The Morgan fingerprint density at radius 1 is 1.40 bits per heavy atom. The van der Waals surface area contributed by atoms with Crippen molar-refractivity contribution >= 4 is 11.6 Å². The summed E-state index contributed by atoms with van der Waals surface area (Å²) < 4.78 is 0. The van der Waals surface area contributed by atoms with Gasteiger partial charge >= 0.3 is 0 Å². The first-order valence-corrected chi connectivity index (χ1v) is 5.97. The van der Waals surface area contributed by atoms with Crippen molar-refractivity contribution in [1.82, 2.24) is 4.98 Å². The summed E-state index contributed by atoms with van der Waals surface area (Å²) >= 11 is 6.31. The molecule has 0 aromatic carbocycles. The third kappa shape index (κ3) is 4.65. The van der Waals surface area contributed by atoms with E-state index in [1.165, 1.54) is 5.56 Å². The quantitative estimate of drug-likeness (QED) is 0.705. The summed E-state index contributed by atoms with van der Waals surface area (Å²) in [6, 6.07) is 4.10. The van der Waals surface area contributed by atoms with Crippen LogP contribution in [-0.2, 0) is 6.42 Å². The molecule has 15 heavy (non-hydrogen) atoms. The molecule has 0 fully saturated rings. The van der Waals surface area contributed by atoms with Crippen molar-refractivity contribution in [3.05, 3.63) is 30.1 Å². The van der Waals surface area contributed by atoms with Gasteiger partial charge < -0.3 is 0 Å². The normalized spacial score (nSPS) is 13.9. The predicted molar refractivity (Wildman–Crippen MR) is 66.3 cm³/mol. The summed E-state index contributed by atoms with van der Waals surface area (Å²) in [5.74, 6) is 0. The van der Waals surface area contributed by atoms with Crippen LogP contribution >= 0.6 is 11.6 Å². The van der Waals surface area contributed by atoms with Gasteiger partial charge in [0, 0.05) is 17.8 Å². The van der Waals surface area contributed by atoms with Crippen LogP contribution < -0.4 is 0 Å². The van der Waals surface area contributed by atoms with Crippen LogP contribution in [0.1, 0.15) is 39.2 Å². The minimum atomic E-state index is 0.205. The average Bonchev–Trinajstić information content (AvgIpc) is 2.18. The van der Waals surface area contributed by atoms with Gasteiger partial charge in [0.25, 0.3) is 0 Å². The number of pyridine rings is 1. The lowest BCUT2D eigenvalue weighted by Crippen LogP contribution is -2.20. The van der Waals surface area contributed by atoms with E-state index in [4.69, 9.17) is 11.6 Å². The molecule has 0 saturated heterocycles. The Kier molecular flexibility index (Phi) is 4.59. The fourth-order valence-corrected chi connectivity index (χ4v) is 1.62. The van der Waals surface area contributed by atoms with Gasteiger partial charge in [-0.3, -0.25) is 4.98 Å². The van der Waals surface area contributed by atoms with Crippen LogP contribution in [0.2, 0.25) is 0 Å². The number of rotatable bonds is 4. The molecule has 0 bridgehead atoms. The van der Waals surface area contributed by atoms with Crippen molar-refractivity contribution in [2.75, 3.05) is 0 Å². The fourth-order valence-electron chi connectivity index (χ4n) is 1.46. The first-order chi connectivity index (χ1) is 7.00. The second kappa shape index (κ2) is 5.50. The third-order valence-electron chi connectivity index (χ3n) is 2.59.